The van der Waals surface area contributed by atoms with E-state index in [0.29, 0.717) is 0 Å². The Kier molecular flexibility index (Phi) is 13.2. The molecular formula is C16H33N. The summed E-state index contributed by atoms with van der Waals surface area (Å²) in [7, 11) is 4.16. The number of unbranched alkanes of at least 4 members (excludes halogenated alkanes) is 10. The third-order valence-corrected chi connectivity index (χ3v) is 3.13. The van der Waals surface area contributed by atoms with Crippen LogP contribution in [0.25, 0.3) is 0 Å². The lowest BCUT2D eigenvalue weighted by Gasteiger charge is -2.03. The lowest BCUT2D eigenvalue weighted by atomic mass is 10.1. The van der Waals surface area contributed by atoms with Gasteiger partial charge in [0.05, 0.1) is 0 Å². The lowest BCUT2D eigenvalue weighted by molar-refractivity contribution is 0.550. The average Bonchev–Trinajstić information content (AvgIpc) is 2.30. The normalized spacial score (nSPS) is 11.2. The fourth-order valence-corrected chi connectivity index (χ4v) is 2.03. The maximum Gasteiger partial charge on any atom is 0.00555 e. The Balaban J connectivity index is 2.99. The van der Waals surface area contributed by atoms with Gasteiger partial charge < -0.3 is 4.90 Å². The van der Waals surface area contributed by atoms with Gasteiger partial charge in [0.25, 0.3) is 0 Å². The summed E-state index contributed by atoms with van der Waals surface area (Å²) in [4.78, 5) is 2.11. The molecule has 0 aromatic heterocycles. The molecule has 0 fully saturated rings. The zero-order valence-corrected chi connectivity index (χ0v) is 12.4. The van der Waals surface area contributed by atoms with Gasteiger partial charge in [0.15, 0.2) is 0 Å². The van der Waals surface area contributed by atoms with Crippen molar-refractivity contribution in [2.45, 2.75) is 77.6 Å². The first-order chi connectivity index (χ1) is 8.27. The van der Waals surface area contributed by atoms with E-state index in [1.807, 2.05) is 0 Å². The third kappa shape index (κ3) is 15.5. The first-order valence-corrected chi connectivity index (χ1v) is 7.60. The minimum Gasteiger partial charge on any atom is -0.384 e. The molecule has 0 aliphatic heterocycles. The van der Waals surface area contributed by atoms with Gasteiger partial charge in [0.1, 0.15) is 0 Å². The van der Waals surface area contributed by atoms with Crippen LogP contribution >= 0.6 is 0 Å². The van der Waals surface area contributed by atoms with Crippen molar-refractivity contribution < 1.29 is 0 Å². The fourth-order valence-electron chi connectivity index (χ4n) is 2.03. The van der Waals surface area contributed by atoms with Crippen molar-refractivity contribution in [1.29, 1.82) is 0 Å². The molecule has 0 amide bonds. The quantitative estimate of drug-likeness (QED) is 0.414. The van der Waals surface area contributed by atoms with Gasteiger partial charge in [0.2, 0.25) is 0 Å². The molecule has 102 valence electrons. The van der Waals surface area contributed by atoms with Crippen LogP contribution in [0.5, 0.6) is 0 Å². The van der Waals surface area contributed by atoms with E-state index < -0.39 is 0 Å². The zero-order valence-electron chi connectivity index (χ0n) is 12.4. The molecule has 1 heteroatoms. The summed E-state index contributed by atoms with van der Waals surface area (Å²) in [6.07, 6.45) is 20.0. The maximum absolute atomic E-state index is 2.28. The molecule has 0 rings (SSSR count). The molecule has 0 unspecified atom stereocenters. The molecule has 0 aromatic rings. The third-order valence-electron chi connectivity index (χ3n) is 3.13. The predicted octanol–water partition coefficient (Wildman–Crippen LogP) is 5.37. The summed E-state index contributed by atoms with van der Waals surface area (Å²) in [5.74, 6) is 0. The van der Waals surface area contributed by atoms with Crippen molar-refractivity contribution in [1.82, 2.24) is 4.90 Å². The standard InChI is InChI=1S/C16H33N/c1-4-5-6-7-8-9-10-11-12-13-14-15-16-17(2)3/h15-16H,4-14H2,1-3H3/b16-15+. The molecule has 0 saturated heterocycles. The van der Waals surface area contributed by atoms with Gasteiger partial charge in [-0.3, -0.25) is 0 Å². The largest absolute Gasteiger partial charge is 0.384 e. The second kappa shape index (κ2) is 13.6. The van der Waals surface area contributed by atoms with Gasteiger partial charge in [0, 0.05) is 14.1 Å². The van der Waals surface area contributed by atoms with Crippen LogP contribution in [-0.2, 0) is 0 Å². The van der Waals surface area contributed by atoms with Crippen LogP contribution in [0, 0.1) is 0 Å². The van der Waals surface area contributed by atoms with Crippen LogP contribution < -0.4 is 0 Å². The molecule has 0 N–H and O–H groups in total. The first-order valence-electron chi connectivity index (χ1n) is 7.60. The topological polar surface area (TPSA) is 3.24 Å². The Bertz CT molecular complexity index is 161. The SMILES string of the molecule is CCCCCCCCCCCC/C=C/N(C)C. The summed E-state index contributed by atoms with van der Waals surface area (Å²) in [6, 6.07) is 0. The van der Waals surface area contributed by atoms with E-state index in [-0.39, 0.29) is 0 Å². The van der Waals surface area contributed by atoms with E-state index in [9.17, 15) is 0 Å². The lowest BCUT2D eigenvalue weighted by Crippen LogP contribution is -1.99. The highest BCUT2D eigenvalue weighted by molar-refractivity contribution is 4.78. The van der Waals surface area contributed by atoms with Crippen LogP contribution in [-0.4, -0.2) is 19.0 Å². The summed E-state index contributed by atoms with van der Waals surface area (Å²) in [5, 5.41) is 0. The second-order valence-electron chi connectivity index (χ2n) is 5.32. The first kappa shape index (κ1) is 16.5. The minimum absolute atomic E-state index is 1.24. The molecule has 0 bridgehead atoms. The number of allylic oxidation sites excluding steroid dienone is 1. The van der Waals surface area contributed by atoms with Crippen LogP contribution in [0.15, 0.2) is 12.3 Å². The van der Waals surface area contributed by atoms with E-state index in [0.717, 1.165) is 0 Å². The van der Waals surface area contributed by atoms with Crippen molar-refractivity contribution in [2.75, 3.05) is 14.1 Å². The van der Waals surface area contributed by atoms with Gasteiger partial charge in [-0.2, -0.15) is 0 Å². The van der Waals surface area contributed by atoms with E-state index in [2.05, 4.69) is 38.2 Å². The molecule has 0 aliphatic carbocycles. The van der Waals surface area contributed by atoms with E-state index in [1.54, 1.807) is 0 Å². The Labute approximate surface area is 109 Å². The Hall–Kier alpha value is -0.460. The van der Waals surface area contributed by atoms with Crippen molar-refractivity contribution in [3.63, 3.8) is 0 Å². The van der Waals surface area contributed by atoms with Gasteiger partial charge in [-0.05, 0) is 19.0 Å². The van der Waals surface area contributed by atoms with Gasteiger partial charge >= 0.3 is 0 Å². The summed E-state index contributed by atoms with van der Waals surface area (Å²) < 4.78 is 0. The Morgan fingerprint density at radius 3 is 1.65 bits per heavy atom. The Morgan fingerprint density at radius 2 is 1.18 bits per heavy atom. The van der Waals surface area contributed by atoms with Crippen molar-refractivity contribution in [3.05, 3.63) is 12.3 Å². The molecule has 0 atom stereocenters. The smallest absolute Gasteiger partial charge is 0.00555 e. The number of hydrogen-bond donors (Lipinski definition) is 0. The highest BCUT2D eigenvalue weighted by Crippen LogP contribution is 2.11. The zero-order chi connectivity index (χ0) is 12.8. The molecular weight excluding hydrogens is 206 g/mol. The van der Waals surface area contributed by atoms with Crippen molar-refractivity contribution in [3.8, 4) is 0 Å². The van der Waals surface area contributed by atoms with Crippen LogP contribution in [0.4, 0.5) is 0 Å². The van der Waals surface area contributed by atoms with Crippen LogP contribution in [0.1, 0.15) is 77.6 Å². The predicted molar refractivity (Wildman–Crippen MR) is 79.3 cm³/mol. The minimum atomic E-state index is 1.24. The molecule has 0 spiro atoms. The molecule has 0 aromatic carbocycles. The average molecular weight is 239 g/mol. The fraction of sp³-hybridized carbons (Fsp3) is 0.875. The number of hydrogen-bond acceptors (Lipinski definition) is 1. The van der Waals surface area contributed by atoms with Gasteiger partial charge in [-0.25, -0.2) is 0 Å². The van der Waals surface area contributed by atoms with Crippen molar-refractivity contribution in [2.24, 2.45) is 0 Å². The molecule has 1 nitrogen and oxygen atoms in total. The Morgan fingerprint density at radius 1 is 0.706 bits per heavy atom. The summed E-state index contributed by atoms with van der Waals surface area (Å²) in [5.41, 5.74) is 0. The van der Waals surface area contributed by atoms with Crippen LogP contribution in [0.2, 0.25) is 0 Å². The second-order valence-corrected chi connectivity index (χ2v) is 5.32. The van der Waals surface area contributed by atoms with E-state index in [1.165, 1.54) is 70.6 Å². The van der Waals surface area contributed by atoms with Crippen molar-refractivity contribution >= 4 is 0 Å². The summed E-state index contributed by atoms with van der Waals surface area (Å²) >= 11 is 0. The van der Waals surface area contributed by atoms with Gasteiger partial charge in [-0.15, -0.1) is 0 Å². The highest BCUT2D eigenvalue weighted by Gasteiger charge is 1.91. The highest BCUT2D eigenvalue weighted by atomic mass is 15.0. The molecule has 0 aliphatic rings. The molecule has 0 radical (unpaired) electrons. The summed E-state index contributed by atoms with van der Waals surface area (Å²) in [6.45, 7) is 2.28. The number of nitrogens with zero attached hydrogens (tertiary/aromatic N) is 1. The molecule has 0 heterocycles. The van der Waals surface area contributed by atoms with Crippen LogP contribution in [0.3, 0.4) is 0 Å². The van der Waals surface area contributed by atoms with E-state index >= 15 is 0 Å². The van der Waals surface area contributed by atoms with E-state index in [4.69, 9.17) is 0 Å². The number of rotatable bonds is 12. The maximum atomic E-state index is 2.28. The van der Waals surface area contributed by atoms with Gasteiger partial charge in [-0.1, -0.05) is 70.8 Å². The molecule has 0 saturated carbocycles. The monoisotopic (exact) mass is 239 g/mol. The molecule has 17 heavy (non-hydrogen) atoms.